The van der Waals surface area contributed by atoms with Crippen LogP contribution >= 0.6 is 20.3 Å². The number of anilines is 2. The van der Waals surface area contributed by atoms with Crippen LogP contribution in [0.1, 0.15) is 0 Å². The van der Waals surface area contributed by atoms with Gasteiger partial charge in [-0.1, -0.05) is 36.0 Å². The zero-order valence-electron chi connectivity index (χ0n) is 9.45. The van der Waals surface area contributed by atoms with Gasteiger partial charge in [0.15, 0.2) is 0 Å². The van der Waals surface area contributed by atoms with E-state index in [0.29, 0.717) is 0 Å². The van der Waals surface area contributed by atoms with Crippen molar-refractivity contribution in [2.24, 2.45) is 5.50 Å². The summed E-state index contributed by atoms with van der Waals surface area (Å²) in [6.45, 7) is 0. The van der Waals surface area contributed by atoms with Crippen LogP contribution in [0.4, 0.5) is 11.4 Å². The van der Waals surface area contributed by atoms with Crippen molar-refractivity contribution in [2.45, 2.75) is 9.79 Å². The lowest BCUT2D eigenvalue weighted by molar-refractivity contribution is 0.485. The van der Waals surface area contributed by atoms with Crippen LogP contribution in [-0.4, -0.2) is 9.79 Å². The number of hydrogen-bond donors (Lipinski definition) is 4. The molecule has 0 unspecified atom stereocenters. The Morgan fingerprint density at radius 2 is 1.28 bits per heavy atom. The molecule has 0 atom stereocenters. The van der Waals surface area contributed by atoms with Gasteiger partial charge in [0, 0.05) is 9.79 Å². The fraction of sp³-hybridized carbons (Fsp3) is 0. The van der Waals surface area contributed by atoms with E-state index in [4.69, 9.17) is 9.79 Å². The lowest BCUT2D eigenvalue weighted by Gasteiger charge is -2.19. The third-order valence-corrected chi connectivity index (χ3v) is 3.42. The van der Waals surface area contributed by atoms with Crippen LogP contribution in [0.5, 0.6) is 0 Å². The minimum absolute atomic E-state index is 1.20. The molecule has 18 heavy (non-hydrogen) atoms. The normalized spacial score (nSPS) is 11.8. The summed E-state index contributed by atoms with van der Waals surface area (Å²) in [6, 6.07) is 16.8. The summed E-state index contributed by atoms with van der Waals surface area (Å²) in [5.41, 5.74) is 6.70. The van der Waals surface area contributed by atoms with E-state index < -0.39 is 8.53 Å². The van der Waals surface area contributed by atoms with Gasteiger partial charge in [0.05, 0.1) is 11.4 Å². The molecule has 6 heteroatoms. The van der Waals surface area contributed by atoms with Gasteiger partial charge in [-0.05, 0) is 24.3 Å². The van der Waals surface area contributed by atoms with Crippen molar-refractivity contribution in [3.8, 4) is 0 Å². The van der Waals surface area contributed by atoms with Crippen LogP contribution in [-0.2, 0) is 0 Å². The lowest BCUT2D eigenvalue weighted by Crippen LogP contribution is -1.98. The minimum Gasteiger partial charge on any atom is -0.354 e. The molecule has 0 aliphatic carbocycles. The van der Waals surface area contributed by atoms with Gasteiger partial charge >= 0.3 is 0 Å². The first-order valence-corrected chi connectivity index (χ1v) is 7.35. The van der Waals surface area contributed by atoms with E-state index in [9.17, 15) is 0 Å². The van der Waals surface area contributed by atoms with Gasteiger partial charge < -0.3 is 15.1 Å². The summed E-state index contributed by atoms with van der Waals surface area (Å²) < 4.78 is 0. The number of para-hydroxylation sites is 2. The van der Waals surface area contributed by atoms with Crippen LogP contribution in [0, 0.1) is 0 Å². The van der Waals surface area contributed by atoms with E-state index in [-0.39, 0.29) is 0 Å². The van der Waals surface area contributed by atoms with Crippen molar-refractivity contribution in [3.63, 3.8) is 0 Å². The molecule has 0 amide bonds. The van der Waals surface area contributed by atoms with E-state index in [0.717, 1.165) is 0 Å². The molecule has 5 N–H and O–H groups in total. The molecule has 0 bridgehead atoms. The number of nitrogens with one attached hydrogen (secondary N) is 1. The van der Waals surface area contributed by atoms with Gasteiger partial charge in [0.2, 0.25) is 8.53 Å². The Labute approximate surface area is 111 Å². The van der Waals surface area contributed by atoms with Crippen molar-refractivity contribution in [1.82, 2.24) is 0 Å². The highest BCUT2D eigenvalue weighted by Crippen LogP contribution is 2.43. The van der Waals surface area contributed by atoms with Gasteiger partial charge in [-0.25, -0.2) is 0 Å². The molecule has 2 aromatic carbocycles. The van der Waals surface area contributed by atoms with E-state index in [1.54, 1.807) is 0 Å². The summed E-state index contributed by atoms with van der Waals surface area (Å²) in [7, 11) is -2.12. The fourth-order valence-electron chi connectivity index (χ4n) is 1.58. The van der Waals surface area contributed by atoms with Crippen LogP contribution in [0.3, 0.4) is 0 Å². The number of hydrogen-bond acceptors (Lipinski definition) is 5. The highest BCUT2D eigenvalue weighted by molar-refractivity contribution is 7.99. The van der Waals surface area contributed by atoms with E-state index >= 15 is 0 Å². The Morgan fingerprint density at radius 1 is 0.889 bits per heavy atom. The summed E-state index contributed by atoms with van der Waals surface area (Å²) in [4.78, 5) is 17.5. The largest absolute Gasteiger partial charge is 0.354 e. The number of benzene rings is 2. The van der Waals surface area contributed by atoms with Gasteiger partial charge in [-0.15, -0.1) is 0 Å². The molecule has 1 aliphatic heterocycles. The molecule has 0 saturated heterocycles. The second-order valence-electron chi connectivity index (χ2n) is 3.54. The van der Waals surface area contributed by atoms with E-state index in [1.165, 1.54) is 21.2 Å². The Morgan fingerprint density at radius 3 is 1.72 bits per heavy atom. The van der Waals surface area contributed by atoms with Crippen LogP contribution in [0.25, 0.3) is 0 Å². The quantitative estimate of drug-likeness (QED) is 0.476. The average molecular weight is 280 g/mol. The third-order valence-electron chi connectivity index (χ3n) is 2.26. The topological polar surface area (TPSA) is 78.5 Å². The van der Waals surface area contributed by atoms with Gasteiger partial charge in [-0.2, -0.15) is 0 Å². The Kier molecular flexibility index (Phi) is 4.58. The SMILES string of the molecule is NP(O)O.c1ccc2c(c1)Nc1ccccc1S2. The standard InChI is InChI=1S/C12H9NS.H4NO2P/c1-3-7-11-9(5-1)13-10-6-2-4-8-12(10)14-11;1-4(2)3/h1-8,13H;2-3H,1H2. The summed E-state index contributed by atoms with van der Waals surface area (Å²) in [5, 5.41) is 3.42. The maximum absolute atomic E-state index is 7.45. The van der Waals surface area contributed by atoms with Crippen LogP contribution in [0.15, 0.2) is 58.3 Å². The van der Waals surface area contributed by atoms with Gasteiger partial charge in [0.25, 0.3) is 0 Å². The van der Waals surface area contributed by atoms with Crippen molar-refractivity contribution in [3.05, 3.63) is 48.5 Å². The van der Waals surface area contributed by atoms with Gasteiger partial charge in [0.1, 0.15) is 0 Å². The minimum atomic E-state index is -2.12. The molecule has 1 heterocycles. The fourth-order valence-corrected chi connectivity index (χ4v) is 2.57. The molecule has 2 aromatic rings. The Hall–Kier alpha value is -1.10. The maximum atomic E-state index is 7.45. The number of nitrogens with two attached hydrogens (primary N) is 1. The molecule has 0 saturated carbocycles. The first-order chi connectivity index (χ1) is 8.66. The second-order valence-corrected chi connectivity index (χ2v) is 5.26. The molecular formula is C12H13N2O2PS. The molecule has 0 spiro atoms. The van der Waals surface area contributed by atoms with Crippen molar-refractivity contribution in [1.29, 1.82) is 0 Å². The van der Waals surface area contributed by atoms with E-state index in [2.05, 4.69) is 59.4 Å². The molecule has 0 fully saturated rings. The first kappa shape index (κ1) is 13.3. The zero-order chi connectivity index (χ0) is 13.0. The average Bonchev–Trinajstić information content (AvgIpc) is 2.35. The van der Waals surface area contributed by atoms with Crippen molar-refractivity contribution >= 4 is 31.7 Å². The molecule has 4 nitrogen and oxygen atoms in total. The lowest BCUT2D eigenvalue weighted by atomic mass is 10.2. The van der Waals surface area contributed by atoms with Crippen molar-refractivity contribution in [2.75, 3.05) is 5.32 Å². The summed E-state index contributed by atoms with van der Waals surface area (Å²) in [5.74, 6) is 0. The highest BCUT2D eigenvalue weighted by atomic mass is 32.2. The molecule has 94 valence electrons. The molecule has 0 aromatic heterocycles. The zero-order valence-corrected chi connectivity index (χ0v) is 11.2. The van der Waals surface area contributed by atoms with Crippen LogP contribution < -0.4 is 10.8 Å². The van der Waals surface area contributed by atoms with Crippen LogP contribution in [0.2, 0.25) is 0 Å². The molecule has 1 aliphatic rings. The van der Waals surface area contributed by atoms with E-state index in [1.807, 2.05) is 11.8 Å². The smallest absolute Gasteiger partial charge is 0.247 e. The second kappa shape index (κ2) is 6.18. The summed E-state index contributed by atoms with van der Waals surface area (Å²) in [6.07, 6.45) is 0. The first-order valence-electron chi connectivity index (χ1n) is 5.22. The monoisotopic (exact) mass is 280 g/mol. The molecular weight excluding hydrogens is 267 g/mol. The number of fused-ring (bicyclic) bond motifs is 2. The molecule has 0 radical (unpaired) electrons. The number of rotatable bonds is 0. The predicted octanol–water partition coefficient (Wildman–Crippen LogP) is 3.05. The Bertz CT molecular complexity index is 447. The van der Waals surface area contributed by atoms with Gasteiger partial charge in [-0.3, -0.25) is 5.50 Å². The third kappa shape index (κ3) is 3.45. The summed E-state index contributed by atoms with van der Waals surface area (Å²) >= 11 is 1.82. The molecule has 3 rings (SSSR count). The van der Waals surface area contributed by atoms with Crippen molar-refractivity contribution < 1.29 is 9.79 Å². The Balaban J connectivity index is 0.000000267. The maximum Gasteiger partial charge on any atom is 0.247 e. The highest BCUT2D eigenvalue weighted by Gasteiger charge is 2.13. The predicted molar refractivity (Wildman–Crippen MR) is 75.8 cm³/mol.